The standard InChI is InChI=1S/C42H80N2O2.ClH/c1-5-7-9-11-13-15-17-19-21-23-25-27-29-31-33-35-37-44(42(45)41-43(3)4)38-40-46-39-36-34-32-30-28-26-24-22-20-18-16-14-12-10-8-6-2;/h13,15,19-22H,5-12,14,16-18,23-41H2,1-4H3;1H/b15-13-,21-19-,22-20-;. The molecule has 5 heteroatoms. The van der Waals surface area contributed by atoms with E-state index in [4.69, 9.17) is 4.74 Å². The van der Waals surface area contributed by atoms with Crippen molar-refractivity contribution in [1.29, 1.82) is 0 Å². The number of hydrogen-bond acceptors (Lipinski definition) is 3. The predicted octanol–water partition coefficient (Wildman–Crippen LogP) is 12.7. The molecule has 0 unspecified atom stereocenters. The molecule has 0 fully saturated rings. The van der Waals surface area contributed by atoms with E-state index in [0.29, 0.717) is 13.2 Å². The topological polar surface area (TPSA) is 32.8 Å². The molecule has 0 bridgehead atoms. The van der Waals surface area contributed by atoms with Crippen LogP contribution in [0.4, 0.5) is 0 Å². The average molecular weight is 682 g/mol. The number of halogens is 1. The van der Waals surface area contributed by atoms with E-state index in [2.05, 4.69) is 50.3 Å². The lowest BCUT2D eigenvalue weighted by molar-refractivity contribution is -0.132. The molecule has 4 nitrogen and oxygen atoms in total. The van der Waals surface area contributed by atoms with Gasteiger partial charge in [-0.2, -0.15) is 0 Å². The third-order valence-corrected chi connectivity index (χ3v) is 8.74. The molecule has 0 aromatic heterocycles. The summed E-state index contributed by atoms with van der Waals surface area (Å²) in [6.45, 7) is 8.09. The Morgan fingerprint density at radius 1 is 0.489 bits per heavy atom. The Labute approximate surface area is 301 Å². The van der Waals surface area contributed by atoms with Crippen molar-refractivity contribution in [2.75, 3.05) is 46.9 Å². The van der Waals surface area contributed by atoms with Crippen LogP contribution in [0.2, 0.25) is 0 Å². The van der Waals surface area contributed by atoms with Gasteiger partial charge >= 0.3 is 0 Å². The highest BCUT2D eigenvalue weighted by molar-refractivity contribution is 5.85. The Morgan fingerprint density at radius 3 is 1.40 bits per heavy atom. The number of amides is 1. The zero-order valence-corrected chi connectivity index (χ0v) is 32.8. The number of unbranched alkanes of at least 4 members (excludes halogenated alkanes) is 21. The Morgan fingerprint density at radius 2 is 0.894 bits per heavy atom. The molecular formula is C42H81ClN2O2. The summed E-state index contributed by atoms with van der Waals surface area (Å²) < 4.78 is 5.95. The van der Waals surface area contributed by atoms with Gasteiger partial charge in [0, 0.05) is 19.7 Å². The summed E-state index contributed by atoms with van der Waals surface area (Å²) in [4.78, 5) is 16.8. The van der Waals surface area contributed by atoms with Crippen LogP contribution in [0, 0.1) is 0 Å². The van der Waals surface area contributed by atoms with E-state index in [-0.39, 0.29) is 18.3 Å². The number of carbonyl (C=O) groups excluding carboxylic acids is 1. The van der Waals surface area contributed by atoms with Crippen LogP contribution in [0.3, 0.4) is 0 Å². The van der Waals surface area contributed by atoms with Crippen molar-refractivity contribution in [3.63, 3.8) is 0 Å². The van der Waals surface area contributed by atoms with Crippen molar-refractivity contribution < 1.29 is 9.53 Å². The molecule has 0 aliphatic carbocycles. The normalized spacial score (nSPS) is 11.9. The molecule has 0 aliphatic heterocycles. The smallest absolute Gasteiger partial charge is 0.236 e. The van der Waals surface area contributed by atoms with Crippen molar-refractivity contribution in [1.82, 2.24) is 9.80 Å². The minimum atomic E-state index is 0. The minimum absolute atomic E-state index is 0. The van der Waals surface area contributed by atoms with Gasteiger partial charge in [0.1, 0.15) is 0 Å². The van der Waals surface area contributed by atoms with E-state index in [0.717, 1.165) is 39.0 Å². The lowest BCUT2D eigenvalue weighted by Crippen LogP contribution is -2.40. The highest BCUT2D eigenvalue weighted by Gasteiger charge is 2.13. The molecule has 278 valence electrons. The van der Waals surface area contributed by atoms with Crippen LogP contribution in [0.25, 0.3) is 0 Å². The van der Waals surface area contributed by atoms with Gasteiger partial charge in [0.05, 0.1) is 13.2 Å². The molecule has 0 radical (unpaired) electrons. The second-order valence-electron chi connectivity index (χ2n) is 13.8. The third kappa shape index (κ3) is 39.2. The minimum Gasteiger partial charge on any atom is -0.380 e. The zero-order chi connectivity index (χ0) is 33.6. The number of rotatable bonds is 36. The number of ether oxygens (including phenoxy) is 1. The molecule has 1 amide bonds. The zero-order valence-electron chi connectivity index (χ0n) is 32.0. The van der Waals surface area contributed by atoms with E-state index in [1.807, 2.05) is 23.9 Å². The first-order valence-corrected chi connectivity index (χ1v) is 20.1. The maximum atomic E-state index is 12.8. The van der Waals surface area contributed by atoms with Gasteiger partial charge in [-0.3, -0.25) is 4.79 Å². The van der Waals surface area contributed by atoms with Gasteiger partial charge in [-0.1, -0.05) is 147 Å². The Kier molecular flexibility index (Phi) is 42.0. The number of nitrogens with zero attached hydrogens (tertiary/aromatic N) is 2. The molecule has 0 aromatic rings. The quantitative estimate of drug-likeness (QED) is 0.0487. The summed E-state index contributed by atoms with van der Waals surface area (Å²) in [5.74, 6) is 0.230. The Hall–Kier alpha value is -1.10. The Bertz CT molecular complexity index is 707. The Balaban J connectivity index is 0. The summed E-state index contributed by atoms with van der Waals surface area (Å²) in [5.41, 5.74) is 0. The molecule has 0 saturated carbocycles. The first kappa shape index (κ1) is 48.0. The fourth-order valence-corrected chi connectivity index (χ4v) is 5.75. The van der Waals surface area contributed by atoms with Gasteiger partial charge < -0.3 is 14.5 Å². The highest BCUT2D eigenvalue weighted by atomic mass is 35.5. The summed E-state index contributed by atoms with van der Waals surface area (Å²) in [5, 5.41) is 0. The van der Waals surface area contributed by atoms with E-state index >= 15 is 0 Å². The van der Waals surface area contributed by atoms with Crippen LogP contribution in [-0.4, -0.2) is 62.7 Å². The average Bonchev–Trinajstić information content (AvgIpc) is 3.04. The highest BCUT2D eigenvalue weighted by Crippen LogP contribution is 2.11. The molecule has 0 spiro atoms. The fourth-order valence-electron chi connectivity index (χ4n) is 5.75. The summed E-state index contributed by atoms with van der Waals surface area (Å²) in [6, 6.07) is 0. The van der Waals surface area contributed by atoms with Crippen molar-refractivity contribution >= 4 is 18.3 Å². The lowest BCUT2D eigenvalue weighted by atomic mass is 10.1. The SMILES string of the molecule is CCCCC/C=C\C/C=C\CCCCCCCCN(CCOCCCCCCCC/C=C\CCCCCCCC)C(=O)CN(C)C.Cl. The van der Waals surface area contributed by atoms with E-state index < -0.39 is 0 Å². The van der Waals surface area contributed by atoms with Crippen LogP contribution in [0.1, 0.15) is 181 Å². The molecule has 0 atom stereocenters. The molecule has 47 heavy (non-hydrogen) atoms. The molecule has 0 aromatic carbocycles. The van der Waals surface area contributed by atoms with Crippen LogP contribution in [-0.2, 0) is 9.53 Å². The molecule has 0 rings (SSSR count). The molecule has 0 heterocycles. The third-order valence-electron chi connectivity index (χ3n) is 8.74. The van der Waals surface area contributed by atoms with Crippen LogP contribution in [0.15, 0.2) is 36.5 Å². The molecule has 0 N–H and O–H groups in total. The number of carbonyl (C=O) groups is 1. The van der Waals surface area contributed by atoms with Crippen molar-refractivity contribution in [3.05, 3.63) is 36.5 Å². The van der Waals surface area contributed by atoms with E-state index in [1.165, 1.54) is 148 Å². The van der Waals surface area contributed by atoms with Gasteiger partial charge in [-0.15, -0.1) is 12.4 Å². The number of hydrogen-bond donors (Lipinski definition) is 0. The maximum Gasteiger partial charge on any atom is 0.236 e. The fraction of sp³-hybridized carbons (Fsp3) is 0.833. The summed E-state index contributed by atoms with van der Waals surface area (Å²) in [6.07, 6.45) is 47.7. The predicted molar refractivity (Wildman–Crippen MR) is 212 cm³/mol. The molecular weight excluding hydrogens is 600 g/mol. The molecule has 0 aliphatic rings. The lowest BCUT2D eigenvalue weighted by Gasteiger charge is -2.24. The summed E-state index contributed by atoms with van der Waals surface area (Å²) in [7, 11) is 3.95. The van der Waals surface area contributed by atoms with Gasteiger partial charge in [0.15, 0.2) is 0 Å². The van der Waals surface area contributed by atoms with E-state index in [1.54, 1.807) is 0 Å². The second-order valence-corrected chi connectivity index (χ2v) is 13.8. The van der Waals surface area contributed by atoms with Crippen LogP contribution in [0.5, 0.6) is 0 Å². The largest absolute Gasteiger partial charge is 0.380 e. The van der Waals surface area contributed by atoms with Crippen molar-refractivity contribution in [2.24, 2.45) is 0 Å². The monoisotopic (exact) mass is 681 g/mol. The number of likely N-dealkylation sites (N-methyl/N-ethyl adjacent to an activating group) is 1. The van der Waals surface area contributed by atoms with Gasteiger partial charge in [-0.25, -0.2) is 0 Å². The van der Waals surface area contributed by atoms with Crippen LogP contribution >= 0.6 is 12.4 Å². The maximum absolute atomic E-state index is 12.8. The molecule has 0 saturated heterocycles. The first-order chi connectivity index (χ1) is 22.6. The first-order valence-electron chi connectivity index (χ1n) is 20.1. The van der Waals surface area contributed by atoms with Gasteiger partial charge in [0.2, 0.25) is 5.91 Å². The van der Waals surface area contributed by atoms with Crippen molar-refractivity contribution in [3.8, 4) is 0 Å². The van der Waals surface area contributed by atoms with Crippen LogP contribution < -0.4 is 0 Å². The summed E-state index contributed by atoms with van der Waals surface area (Å²) >= 11 is 0. The second kappa shape index (κ2) is 41.1. The number of allylic oxidation sites excluding steroid dienone is 6. The van der Waals surface area contributed by atoms with Gasteiger partial charge in [0.25, 0.3) is 0 Å². The van der Waals surface area contributed by atoms with Gasteiger partial charge in [-0.05, 0) is 84.7 Å². The van der Waals surface area contributed by atoms with Crippen molar-refractivity contribution in [2.45, 2.75) is 181 Å². The van der Waals surface area contributed by atoms with E-state index in [9.17, 15) is 4.79 Å².